The van der Waals surface area contributed by atoms with Crippen LogP contribution in [0.15, 0.2) is 30.4 Å². The van der Waals surface area contributed by atoms with Gasteiger partial charge in [0.1, 0.15) is 18.2 Å². The molecule has 0 aromatic heterocycles. The van der Waals surface area contributed by atoms with Crippen molar-refractivity contribution < 1.29 is 9.13 Å². The lowest BCUT2D eigenvalue weighted by Crippen LogP contribution is -2.18. The van der Waals surface area contributed by atoms with Crippen molar-refractivity contribution in [2.45, 2.75) is 33.2 Å². The van der Waals surface area contributed by atoms with E-state index >= 15 is 0 Å². The second-order valence-corrected chi connectivity index (χ2v) is 4.35. The molecule has 2 nitrogen and oxygen atoms in total. The number of nitrogens with one attached hydrogen (secondary N) is 1. The Morgan fingerprint density at radius 1 is 1.44 bits per heavy atom. The first-order valence-corrected chi connectivity index (χ1v) is 6.40. The standard InChI is InChI=1S/C15H22FNO/c1-5-11(3)10-18-13-7-8-14(15(16)9-13)12(4)17-6-2/h7-9,12,17H,3,5-6,10H2,1-2,4H3. The van der Waals surface area contributed by atoms with Crippen LogP contribution in [0.2, 0.25) is 0 Å². The molecule has 3 heteroatoms. The van der Waals surface area contributed by atoms with Crippen LogP contribution < -0.4 is 10.1 Å². The lowest BCUT2D eigenvalue weighted by Gasteiger charge is -2.15. The molecular formula is C15H22FNO. The molecule has 1 rings (SSSR count). The highest BCUT2D eigenvalue weighted by Gasteiger charge is 2.10. The molecule has 0 amide bonds. The van der Waals surface area contributed by atoms with Crippen LogP contribution in [-0.2, 0) is 0 Å². The van der Waals surface area contributed by atoms with E-state index < -0.39 is 0 Å². The van der Waals surface area contributed by atoms with Crippen LogP contribution in [0.25, 0.3) is 0 Å². The summed E-state index contributed by atoms with van der Waals surface area (Å²) in [7, 11) is 0. The molecule has 100 valence electrons. The van der Waals surface area contributed by atoms with Gasteiger partial charge in [-0.15, -0.1) is 0 Å². The second-order valence-electron chi connectivity index (χ2n) is 4.35. The number of benzene rings is 1. The minimum atomic E-state index is -0.233. The maximum absolute atomic E-state index is 13.9. The van der Waals surface area contributed by atoms with Crippen LogP contribution >= 0.6 is 0 Å². The van der Waals surface area contributed by atoms with Crippen LogP contribution in [-0.4, -0.2) is 13.2 Å². The first kappa shape index (κ1) is 14.7. The van der Waals surface area contributed by atoms with Crippen LogP contribution in [0.4, 0.5) is 4.39 Å². The Hall–Kier alpha value is -1.35. The number of rotatable bonds is 7. The number of halogens is 1. The van der Waals surface area contributed by atoms with E-state index in [1.807, 2.05) is 20.8 Å². The molecule has 0 heterocycles. The van der Waals surface area contributed by atoms with Gasteiger partial charge in [-0.3, -0.25) is 0 Å². The van der Waals surface area contributed by atoms with Crippen LogP contribution in [0.3, 0.4) is 0 Å². The van der Waals surface area contributed by atoms with Crippen molar-refractivity contribution in [2.24, 2.45) is 0 Å². The topological polar surface area (TPSA) is 21.3 Å². The Balaban J connectivity index is 2.70. The number of ether oxygens (including phenoxy) is 1. The molecule has 0 saturated carbocycles. The average molecular weight is 251 g/mol. The summed E-state index contributed by atoms with van der Waals surface area (Å²) in [5.74, 6) is 0.317. The monoisotopic (exact) mass is 251 g/mol. The maximum Gasteiger partial charge on any atom is 0.131 e. The summed E-state index contributed by atoms with van der Waals surface area (Å²) in [6.07, 6.45) is 0.873. The molecule has 0 aliphatic rings. The Morgan fingerprint density at radius 3 is 2.72 bits per heavy atom. The Kier molecular flexibility index (Phi) is 5.86. The summed E-state index contributed by atoms with van der Waals surface area (Å²) in [5.41, 5.74) is 1.67. The molecule has 0 aliphatic carbocycles. The third-order valence-corrected chi connectivity index (χ3v) is 2.89. The molecule has 0 radical (unpaired) electrons. The summed E-state index contributed by atoms with van der Waals surface area (Å²) in [6, 6.07) is 5.02. The van der Waals surface area contributed by atoms with Gasteiger partial charge in [-0.1, -0.05) is 26.5 Å². The van der Waals surface area contributed by atoms with Crippen LogP contribution in [0, 0.1) is 5.82 Å². The average Bonchev–Trinajstić information content (AvgIpc) is 2.36. The summed E-state index contributed by atoms with van der Waals surface area (Å²) in [4.78, 5) is 0. The fraction of sp³-hybridized carbons (Fsp3) is 0.467. The van der Waals surface area contributed by atoms with E-state index in [4.69, 9.17) is 4.74 Å². The first-order chi connectivity index (χ1) is 8.58. The predicted octanol–water partition coefficient (Wildman–Crippen LogP) is 3.84. The van der Waals surface area contributed by atoms with Gasteiger partial charge in [-0.2, -0.15) is 0 Å². The molecule has 1 unspecified atom stereocenters. The normalized spacial score (nSPS) is 12.2. The zero-order valence-corrected chi connectivity index (χ0v) is 11.4. The number of hydrogen-bond acceptors (Lipinski definition) is 2. The van der Waals surface area contributed by atoms with E-state index in [2.05, 4.69) is 11.9 Å². The van der Waals surface area contributed by atoms with Gasteiger partial charge in [0.15, 0.2) is 0 Å². The van der Waals surface area contributed by atoms with Crippen LogP contribution in [0.5, 0.6) is 5.75 Å². The minimum absolute atomic E-state index is 0.00894. The number of hydrogen-bond donors (Lipinski definition) is 1. The summed E-state index contributed by atoms with van der Waals surface area (Å²) in [5, 5.41) is 3.19. The highest BCUT2D eigenvalue weighted by molar-refractivity contribution is 5.31. The highest BCUT2D eigenvalue weighted by atomic mass is 19.1. The lowest BCUT2D eigenvalue weighted by atomic mass is 10.1. The molecule has 1 N–H and O–H groups in total. The fourth-order valence-corrected chi connectivity index (χ4v) is 1.65. The second kappa shape index (κ2) is 7.17. The fourth-order valence-electron chi connectivity index (χ4n) is 1.65. The minimum Gasteiger partial charge on any atom is -0.489 e. The molecule has 0 bridgehead atoms. The zero-order chi connectivity index (χ0) is 13.5. The van der Waals surface area contributed by atoms with Crippen molar-refractivity contribution in [3.8, 4) is 5.75 Å². The van der Waals surface area contributed by atoms with Crippen LogP contribution in [0.1, 0.15) is 38.8 Å². The van der Waals surface area contributed by atoms with E-state index in [1.54, 1.807) is 12.1 Å². The SMILES string of the molecule is C=C(CC)COc1ccc(C(C)NCC)c(F)c1. The molecule has 1 atom stereocenters. The van der Waals surface area contributed by atoms with Gasteiger partial charge in [0.25, 0.3) is 0 Å². The van der Waals surface area contributed by atoms with Crippen molar-refractivity contribution >= 4 is 0 Å². The van der Waals surface area contributed by atoms with Crippen molar-refractivity contribution in [1.82, 2.24) is 5.32 Å². The van der Waals surface area contributed by atoms with Gasteiger partial charge in [0.2, 0.25) is 0 Å². The van der Waals surface area contributed by atoms with E-state index in [0.717, 1.165) is 18.5 Å². The molecule has 0 fully saturated rings. The summed E-state index contributed by atoms with van der Waals surface area (Å²) < 4.78 is 19.4. The molecule has 1 aromatic rings. The molecule has 0 saturated heterocycles. The van der Waals surface area contributed by atoms with Crippen molar-refractivity contribution in [3.05, 3.63) is 41.7 Å². The third-order valence-electron chi connectivity index (χ3n) is 2.89. The van der Waals surface area contributed by atoms with E-state index in [-0.39, 0.29) is 11.9 Å². The van der Waals surface area contributed by atoms with Gasteiger partial charge in [0, 0.05) is 17.7 Å². The molecule has 0 spiro atoms. The lowest BCUT2D eigenvalue weighted by molar-refractivity contribution is 0.346. The predicted molar refractivity (Wildman–Crippen MR) is 73.4 cm³/mol. The van der Waals surface area contributed by atoms with Gasteiger partial charge >= 0.3 is 0 Å². The highest BCUT2D eigenvalue weighted by Crippen LogP contribution is 2.22. The summed E-state index contributed by atoms with van der Waals surface area (Å²) in [6.45, 7) is 11.1. The quantitative estimate of drug-likeness (QED) is 0.743. The van der Waals surface area contributed by atoms with Crippen molar-refractivity contribution in [1.29, 1.82) is 0 Å². The van der Waals surface area contributed by atoms with Crippen molar-refractivity contribution in [3.63, 3.8) is 0 Å². The van der Waals surface area contributed by atoms with E-state index in [0.29, 0.717) is 17.9 Å². The maximum atomic E-state index is 13.9. The molecule has 1 aromatic carbocycles. The Labute approximate surface area is 109 Å². The van der Waals surface area contributed by atoms with E-state index in [1.165, 1.54) is 6.07 Å². The third kappa shape index (κ3) is 4.15. The van der Waals surface area contributed by atoms with Gasteiger partial charge < -0.3 is 10.1 Å². The van der Waals surface area contributed by atoms with E-state index in [9.17, 15) is 4.39 Å². The Bertz CT molecular complexity index is 403. The van der Waals surface area contributed by atoms with Gasteiger partial charge in [-0.25, -0.2) is 4.39 Å². The van der Waals surface area contributed by atoms with Gasteiger partial charge in [0.05, 0.1) is 0 Å². The molecular weight excluding hydrogens is 229 g/mol. The molecule has 18 heavy (non-hydrogen) atoms. The summed E-state index contributed by atoms with van der Waals surface area (Å²) >= 11 is 0. The smallest absolute Gasteiger partial charge is 0.131 e. The first-order valence-electron chi connectivity index (χ1n) is 6.40. The Morgan fingerprint density at radius 2 is 2.17 bits per heavy atom. The zero-order valence-electron chi connectivity index (χ0n) is 11.4. The van der Waals surface area contributed by atoms with Gasteiger partial charge in [-0.05, 0) is 31.5 Å². The largest absolute Gasteiger partial charge is 0.489 e. The molecule has 0 aliphatic heterocycles. The van der Waals surface area contributed by atoms with Crippen molar-refractivity contribution in [2.75, 3.05) is 13.2 Å².